The Morgan fingerprint density at radius 3 is 3.06 bits per heavy atom. The van der Waals surface area contributed by atoms with Gasteiger partial charge >= 0.3 is 5.97 Å². The van der Waals surface area contributed by atoms with E-state index in [1.807, 2.05) is 17.9 Å². The lowest BCUT2D eigenvalue weighted by atomic mass is 10.2. The average molecular weight is 378 g/mol. The van der Waals surface area contributed by atoms with Gasteiger partial charge < -0.3 is 9.64 Å². The topological polar surface area (TPSA) is 42.4 Å². The number of hydrogen-bond donors (Lipinski definition) is 0. The standard InChI is InChI=1S/C12H14Br2N2O2/c1-2-18-12(17)10-4-3-5-16(10)11-9(14)6-8(13)7-15-11/h6-7,10H,2-5H2,1H3. The maximum absolute atomic E-state index is 11.9. The van der Waals surface area contributed by atoms with Crippen LogP contribution in [0.3, 0.4) is 0 Å². The normalized spacial score (nSPS) is 19.1. The molecule has 1 saturated heterocycles. The monoisotopic (exact) mass is 376 g/mol. The summed E-state index contributed by atoms with van der Waals surface area (Å²) in [7, 11) is 0. The summed E-state index contributed by atoms with van der Waals surface area (Å²) >= 11 is 6.86. The smallest absolute Gasteiger partial charge is 0.328 e. The molecule has 1 atom stereocenters. The van der Waals surface area contributed by atoms with Gasteiger partial charge in [0.25, 0.3) is 0 Å². The maximum Gasteiger partial charge on any atom is 0.328 e. The Labute approximate surface area is 123 Å². The van der Waals surface area contributed by atoms with Gasteiger partial charge in [0, 0.05) is 17.2 Å². The second-order valence-electron chi connectivity index (χ2n) is 4.06. The number of halogens is 2. The lowest BCUT2D eigenvalue weighted by Gasteiger charge is -2.25. The number of pyridine rings is 1. The molecule has 1 aromatic heterocycles. The van der Waals surface area contributed by atoms with Crippen molar-refractivity contribution in [3.63, 3.8) is 0 Å². The molecule has 0 radical (unpaired) electrons. The van der Waals surface area contributed by atoms with Gasteiger partial charge in [-0.25, -0.2) is 9.78 Å². The maximum atomic E-state index is 11.9. The summed E-state index contributed by atoms with van der Waals surface area (Å²) in [4.78, 5) is 18.3. The molecule has 0 N–H and O–H groups in total. The molecular formula is C12H14Br2N2O2. The third kappa shape index (κ3) is 2.85. The zero-order valence-corrected chi connectivity index (χ0v) is 13.2. The number of nitrogens with zero attached hydrogens (tertiary/aromatic N) is 2. The molecular weight excluding hydrogens is 364 g/mol. The molecule has 1 aliphatic rings. The van der Waals surface area contributed by atoms with Crippen molar-refractivity contribution in [2.75, 3.05) is 18.1 Å². The minimum absolute atomic E-state index is 0.161. The quantitative estimate of drug-likeness (QED) is 0.759. The molecule has 18 heavy (non-hydrogen) atoms. The van der Waals surface area contributed by atoms with E-state index in [1.165, 1.54) is 0 Å². The van der Waals surface area contributed by atoms with Gasteiger partial charge in [0.15, 0.2) is 0 Å². The Morgan fingerprint density at radius 2 is 2.39 bits per heavy atom. The van der Waals surface area contributed by atoms with Crippen LogP contribution in [0.15, 0.2) is 21.2 Å². The Morgan fingerprint density at radius 1 is 1.61 bits per heavy atom. The first kappa shape index (κ1) is 13.8. The molecule has 4 nitrogen and oxygen atoms in total. The van der Waals surface area contributed by atoms with Gasteiger partial charge in [-0.05, 0) is 57.7 Å². The highest BCUT2D eigenvalue weighted by Crippen LogP contribution is 2.32. The van der Waals surface area contributed by atoms with Crippen LogP contribution in [0.4, 0.5) is 5.82 Å². The van der Waals surface area contributed by atoms with Crippen molar-refractivity contribution in [3.05, 3.63) is 21.2 Å². The van der Waals surface area contributed by atoms with E-state index in [0.717, 1.165) is 34.1 Å². The van der Waals surface area contributed by atoms with Gasteiger partial charge in [-0.2, -0.15) is 0 Å². The number of anilines is 1. The summed E-state index contributed by atoms with van der Waals surface area (Å²) in [5, 5.41) is 0. The van der Waals surface area contributed by atoms with E-state index in [-0.39, 0.29) is 12.0 Å². The van der Waals surface area contributed by atoms with Crippen LogP contribution in [0, 0.1) is 0 Å². The highest BCUT2D eigenvalue weighted by molar-refractivity contribution is 9.11. The van der Waals surface area contributed by atoms with Gasteiger partial charge in [0.05, 0.1) is 11.1 Å². The molecule has 98 valence electrons. The van der Waals surface area contributed by atoms with Gasteiger partial charge in [-0.1, -0.05) is 0 Å². The third-order valence-electron chi connectivity index (χ3n) is 2.87. The Bertz CT molecular complexity index is 454. The zero-order valence-electron chi connectivity index (χ0n) is 10.0. The molecule has 2 heterocycles. The molecule has 1 unspecified atom stereocenters. The van der Waals surface area contributed by atoms with Crippen molar-refractivity contribution >= 4 is 43.6 Å². The highest BCUT2D eigenvalue weighted by Gasteiger charge is 2.33. The number of carbonyl (C=O) groups is 1. The first-order valence-electron chi connectivity index (χ1n) is 5.87. The van der Waals surface area contributed by atoms with E-state index in [9.17, 15) is 4.79 Å². The Kier molecular flexibility index (Phi) is 4.61. The number of rotatable bonds is 3. The minimum atomic E-state index is -0.213. The lowest BCUT2D eigenvalue weighted by molar-refractivity contribution is -0.144. The first-order valence-corrected chi connectivity index (χ1v) is 7.46. The van der Waals surface area contributed by atoms with Crippen molar-refractivity contribution < 1.29 is 9.53 Å². The first-order chi connectivity index (χ1) is 8.63. The van der Waals surface area contributed by atoms with Crippen molar-refractivity contribution in [2.24, 2.45) is 0 Å². The van der Waals surface area contributed by atoms with Crippen LogP contribution in [-0.4, -0.2) is 30.1 Å². The van der Waals surface area contributed by atoms with Crippen molar-refractivity contribution in [3.8, 4) is 0 Å². The molecule has 1 aromatic rings. The van der Waals surface area contributed by atoms with Crippen molar-refractivity contribution in [2.45, 2.75) is 25.8 Å². The van der Waals surface area contributed by atoms with E-state index in [4.69, 9.17) is 4.74 Å². The van der Waals surface area contributed by atoms with E-state index in [0.29, 0.717) is 6.61 Å². The average Bonchev–Trinajstić information content (AvgIpc) is 2.78. The molecule has 2 rings (SSSR count). The summed E-state index contributed by atoms with van der Waals surface area (Å²) < 4.78 is 6.90. The predicted molar refractivity (Wildman–Crippen MR) is 76.6 cm³/mol. The van der Waals surface area contributed by atoms with Gasteiger partial charge in [0.1, 0.15) is 11.9 Å². The fourth-order valence-corrected chi connectivity index (χ4v) is 3.34. The largest absolute Gasteiger partial charge is 0.464 e. The van der Waals surface area contributed by atoms with Crippen LogP contribution in [-0.2, 0) is 9.53 Å². The molecule has 0 amide bonds. The summed E-state index contributed by atoms with van der Waals surface area (Å²) in [6.45, 7) is 3.07. The van der Waals surface area contributed by atoms with Crippen LogP contribution in [0.25, 0.3) is 0 Å². The zero-order chi connectivity index (χ0) is 13.1. The number of ether oxygens (including phenoxy) is 1. The Balaban J connectivity index is 2.23. The fourth-order valence-electron chi connectivity index (χ4n) is 2.12. The Hall–Kier alpha value is -0.620. The van der Waals surface area contributed by atoms with Crippen molar-refractivity contribution in [1.29, 1.82) is 0 Å². The molecule has 1 fully saturated rings. The number of hydrogen-bond acceptors (Lipinski definition) is 4. The SMILES string of the molecule is CCOC(=O)C1CCCN1c1ncc(Br)cc1Br. The summed E-state index contributed by atoms with van der Waals surface area (Å²) in [6, 6.07) is 1.72. The molecule has 0 saturated carbocycles. The molecule has 0 aliphatic carbocycles. The van der Waals surface area contributed by atoms with E-state index in [1.54, 1.807) is 6.20 Å². The van der Waals surface area contributed by atoms with E-state index >= 15 is 0 Å². The van der Waals surface area contributed by atoms with Crippen LogP contribution >= 0.6 is 31.9 Å². The number of aromatic nitrogens is 1. The van der Waals surface area contributed by atoms with E-state index < -0.39 is 0 Å². The number of esters is 1. The molecule has 0 bridgehead atoms. The molecule has 1 aliphatic heterocycles. The second-order valence-corrected chi connectivity index (χ2v) is 5.83. The summed E-state index contributed by atoms with van der Waals surface area (Å²) in [5.74, 6) is 0.639. The fraction of sp³-hybridized carbons (Fsp3) is 0.500. The van der Waals surface area contributed by atoms with Crippen LogP contribution in [0.1, 0.15) is 19.8 Å². The van der Waals surface area contributed by atoms with Crippen molar-refractivity contribution in [1.82, 2.24) is 4.98 Å². The van der Waals surface area contributed by atoms with Gasteiger partial charge in [-0.15, -0.1) is 0 Å². The predicted octanol–water partition coefficient (Wildman–Crippen LogP) is 3.14. The van der Waals surface area contributed by atoms with Crippen LogP contribution in [0.5, 0.6) is 0 Å². The molecule has 0 aromatic carbocycles. The third-order valence-corrected chi connectivity index (χ3v) is 3.89. The number of carbonyl (C=O) groups excluding carboxylic acids is 1. The second kappa shape index (κ2) is 6.02. The van der Waals surface area contributed by atoms with Gasteiger partial charge in [-0.3, -0.25) is 0 Å². The highest BCUT2D eigenvalue weighted by atomic mass is 79.9. The molecule has 6 heteroatoms. The van der Waals surface area contributed by atoms with Crippen LogP contribution < -0.4 is 4.90 Å². The minimum Gasteiger partial charge on any atom is -0.464 e. The summed E-state index contributed by atoms with van der Waals surface area (Å²) in [6.07, 6.45) is 3.54. The van der Waals surface area contributed by atoms with Crippen LogP contribution in [0.2, 0.25) is 0 Å². The molecule has 0 spiro atoms. The summed E-state index contributed by atoms with van der Waals surface area (Å²) in [5.41, 5.74) is 0. The van der Waals surface area contributed by atoms with Gasteiger partial charge in [0.2, 0.25) is 0 Å². The lowest BCUT2D eigenvalue weighted by Crippen LogP contribution is -2.38. The van der Waals surface area contributed by atoms with E-state index in [2.05, 4.69) is 36.8 Å².